The van der Waals surface area contributed by atoms with Gasteiger partial charge in [-0.3, -0.25) is 4.90 Å². The first-order chi connectivity index (χ1) is 9.40. The van der Waals surface area contributed by atoms with E-state index in [-0.39, 0.29) is 0 Å². The number of likely N-dealkylation sites (tertiary alicyclic amines) is 1. The first-order valence-electron chi connectivity index (χ1n) is 7.57. The van der Waals surface area contributed by atoms with Crippen molar-refractivity contribution in [2.45, 2.75) is 50.7 Å². The molecule has 0 radical (unpaired) electrons. The summed E-state index contributed by atoms with van der Waals surface area (Å²) >= 11 is 0. The van der Waals surface area contributed by atoms with E-state index in [9.17, 15) is 0 Å². The van der Waals surface area contributed by atoms with Gasteiger partial charge in [0.05, 0.1) is 12.8 Å². The Balaban J connectivity index is 1.41. The van der Waals surface area contributed by atoms with Crippen LogP contribution in [-0.4, -0.2) is 30.1 Å². The van der Waals surface area contributed by atoms with Crippen LogP contribution in [0.25, 0.3) is 0 Å². The van der Waals surface area contributed by atoms with Gasteiger partial charge in [0, 0.05) is 25.2 Å². The van der Waals surface area contributed by atoms with Gasteiger partial charge in [-0.2, -0.15) is 0 Å². The minimum absolute atomic E-state index is 0.621. The largest absolute Gasteiger partial charge is 0.468 e. The van der Waals surface area contributed by atoms with Gasteiger partial charge in [0.1, 0.15) is 5.76 Å². The maximum atomic E-state index is 5.42. The Morgan fingerprint density at radius 2 is 2.16 bits per heavy atom. The van der Waals surface area contributed by atoms with Gasteiger partial charge in [-0.15, -0.1) is 0 Å². The van der Waals surface area contributed by atoms with E-state index in [1.807, 2.05) is 6.07 Å². The summed E-state index contributed by atoms with van der Waals surface area (Å²) in [5, 5.41) is 3.80. The molecule has 1 atom stereocenters. The highest BCUT2D eigenvalue weighted by Gasteiger charge is 2.21. The minimum atomic E-state index is 0.621. The fraction of sp³-hybridized carbons (Fsp3) is 0.625. The molecule has 0 bridgehead atoms. The minimum Gasteiger partial charge on any atom is -0.468 e. The molecule has 3 rings (SSSR count). The lowest BCUT2D eigenvalue weighted by molar-refractivity contribution is 0.174. The molecule has 1 aromatic heterocycles. The molecule has 3 heteroatoms. The van der Waals surface area contributed by atoms with E-state index >= 15 is 0 Å². The second-order valence-corrected chi connectivity index (χ2v) is 5.76. The van der Waals surface area contributed by atoms with Gasteiger partial charge < -0.3 is 9.73 Å². The number of hydrogen-bond acceptors (Lipinski definition) is 3. The van der Waals surface area contributed by atoms with E-state index < -0.39 is 0 Å². The maximum absolute atomic E-state index is 5.42. The Morgan fingerprint density at radius 3 is 2.84 bits per heavy atom. The second-order valence-electron chi connectivity index (χ2n) is 5.76. The van der Waals surface area contributed by atoms with Gasteiger partial charge >= 0.3 is 0 Å². The molecule has 0 saturated carbocycles. The summed E-state index contributed by atoms with van der Waals surface area (Å²) in [7, 11) is 0. The van der Waals surface area contributed by atoms with Crippen LogP contribution in [0.15, 0.2) is 35.0 Å². The molecule has 19 heavy (non-hydrogen) atoms. The summed E-state index contributed by atoms with van der Waals surface area (Å²) < 4.78 is 5.42. The van der Waals surface area contributed by atoms with Crippen molar-refractivity contribution in [1.29, 1.82) is 0 Å². The van der Waals surface area contributed by atoms with Crippen LogP contribution in [0.2, 0.25) is 0 Å². The molecular weight excluding hydrogens is 236 g/mol. The van der Waals surface area contributed by atoms with Crippen LogP contribution < -0.4 is 5.32 Å². The van der Waals surface area contributed by atoms with Gasteiger partial charge in [-0.05, 0) is 44.2 Å². The van der Waals surface area contributed by atoms with Gasteiger partial charge in [-0.25, -0.2) is 0 Å². The van der Waals surface area contributed by atoms with Gasteiger partial charge in [-0.1, -0.05) is 12.2 Å². The van der Waals surface area contributed by atoms with Crippen molar-refractivity contribution in [2.24, 2.45) is 0 Å². The van der Waals surface area contributed by atoms with Crippen LogP contribution in [-0.2, 0) is 6.54 Å². The number of furan rings is 1. The van der Waals surface area contributed by atoms with Crippen LogP contribution in [0.1, 0.15) is 37.9 Å². The van der Waals surface area contributed by atoms with Crippen LogP contribution in [0.4, 0.5) is 0 Å². The molecule has 1 aromatic rings. The lowest BCUT2D eigenvalue weighted by Crippen LogP contribution is -2.45. The molecule has 1 saturated heterocycles. The molecule has 0 spiro atoms. The van der Waals surface area contributed by atoms with Crippen molar-refractivity contribution in [3.8, 4) is 0 Å². The van der Waals surface area contributed by atoms with E-state index in [4.69, 9.17) is 4.42 Å². The number of nitrogens with zero attached hydrogens (tertiary/aromatic N) is 1. The second kappa shape index (κ2) is 6.40. The lowest BCUT2D eigenvalue weighted by Gasteiger charge is -2.34. The summed E-state index contributed by atoms with van der Waals surface area (Å²) in [6.07, 6.45) is 12.9. The van der Waals surface area contributed by atoms with E-state index in [2.05, 4.69) is 28.4 Å². The maximum Gasteiger partial charge on any atom is 0.117 e. The molecule has 104 valence electrons. The standard InChI is InChI=1S/C16H24N2O/c1-2-5-14(6-3-1)17-15-8-10-18(11-9-15)13-16-7-4-12-19-16/h2,4-5,7,12,14-15,17H,1,3,6,8-11,13H2. The van der Waals surface area contributed by atoms with Crippen LogP contribution in [0.5, 0.6) is 0 Å². The van der Waals surface area contributed by atoms with Crippen molar-refractivity contribution in [3.63, 3.8) is 0 Å². The van der Waals surface area contributed by atoms with Crippen LogP contribution in [0.3, 0.4) is 0 Å². The first-order valence-corrected chi connectivity index (χ1v) is 7.57. The van der Waals surface area contributed by atoms with E-state index in [0.717, 1.165) is 12.3 Å². The van der Waals surface area contributed by atoms with Crippen LogP contribution in [0, 0.1) is 0 Å². The van der Waals surface area contributed by atoms with Crippen molar-refractivity contribution >= 4 is 0 Å². The molecule has 3 nitrogen and oxygen atoms in total. The van der Waals surface area contributed by atoms with Crippen molar-refractivity contribution in [3.05, 3.63) is 36.3 Å². The third kappa shape index (κ3) is 3.71. The highest BCUT2D eigenvalue weighted by molar-refractivity contribution is 5.00. The lowest BCUT2D eigenvalue weighted by atomic mass is 9.99. The number of nitrogens with one attached hydrogen (secondary N) is 1. The molecule has 0 aromatic carbocycles. The molecule has 1 N–H and O–H groups in total. The molecule has 1 aliphatic heterocycles. The quantitative estimate of drug-likeness (QED) is 0.844. The zero-order chi connectivity index (χ0) is 12.9. The predicted octanol–water partition coefficient (Wildman–Crippen LogP) is 2.94. The number of allylic oxidation sites excluding steroid dienone is 1. The Morgan fingerprint density at radius 1 is 1.26 bits per heavy atom. The summed E-state index contributed by atoms with van der Waals surface area (Å²) in [5.74, 6) is 1.08. The number of rotatable bonds is 4. The fourth-order valence-corrected chi connectivity index (χ4v) is 3.13. The average Bonchev–Trinajstić information content (AvgIpc) is 2.95. The zero-order valence-corrected chi connectivity index (χ0v) is 11.6. The SMILES string of the molecule is C1=CC(NC2CCN(Cc3ccco3)CC2)CCC1. The van der Waals surface area contributed by atoms with E-state index in [1.165, 1.54) is 45.2 Å². The highest BCUT2D eigenvalue weighted by Crippen LogP contribution is 2.17. The topological polar surface area (TPSA) is 28.4 Å². The molecule has 1 unspecified atom stereocenters. The van der Waals surface area contributed by atoms with E-state index in [0.29, 0.717) is 12.1 Å². The summed E-state index contributed by atoms with van der Waals surface area (Å²) in [4.78, 5) is 2.49. The first kappa shape index (κ1) is 12.9. The predicted molar refractivity (Wildman–Crippen MR) is 76.9 cm³/mol. The molecule has 1 aliphatic carbocycles. The zero-order valence-electron chi connectivity index (χ0n) is 11.6. The monoisotopic (exact) mass is 260 g/mol. The Hall–Kier alpha value is -1.06. The van der Waals surface area contributed by atoms with Crippen molar-refractivity contribution < 1.29 is 4.42 Å². The summed E-state index contributed by atoms with van der Waals surface area (Å²) in [6.45, 7) is 3.31. The molecule has 0 amide bonds. The molecule has 2 heterocycles. The smallest absolute Gasteiger partial charge is 0.117 e. The fourth-order valence-electron chi connectivity index (χ4n) is 3.13. The van der Waals surface area contributed by atoms with Crippen molar-refractivity contribution in [2.75, 3.05) is 13.1 Å². The Kier molecular flexibility index (Phi) is 4.36. The summed E-state index contributed by atoms with van der Waals surface area (Å²) in [6, 6.07) is 5.35. The normalized spacial score (nSPS) is 25.8. The molecular formula is C16H24N2O. The number of hydrogen-bond donors (Lipinski definition) is 1. The summed E-state index contributed by atoms with van der Waals surface area (Å²) in [5.41, 5.74) is 0. The highest BCUT2D eigenvalue weighted by atomic mass is 16.3. The van der Waals surface area contributed by atoms with Gasteiger partial charge in [0.25, 0.3) is 0 Å². The van der Waals surface area contributed by atoms with E-state index in [1.54, 1.807) is 6.26 Å². The third-order valence-electron chi connectivity index (χ3n) is 4.25. The molecule has 2 aliphatic rings. The van der Waals surface area contributed by atoms with Gasteiger partial charge in [0.15, 0.2) is 0 Å². The van der Waals surface area contributed by atoms with Crippen LogP contribution >= 0.6 is 0 Å². The molecule has 1 fully saturated rings. The van der Waals surface area contributed by atoms with Gasteiger partial charge in [0.2, 0.25) is 0 Å². The third-order valence-corrected chi connectivity index (χ3v) is 4.25. The number of piperidine rings is 1. The average molecular weight is 260 g/mol. The Bertz CT molecular complexity index is 391. The van der Waals surface area contributed by atoms with Crippen molar-refractivity contribution in [1.82, 2.24) is 10.2 Å². The Labute approximate surface area is 115 Å².